The number of aromatic nitrogens is 2. The SMILES string of the molecule is CCCCC(CCC)NC(=O)c1cnc(Cl)cn1. The summed E-state index contributed by atoms with van der Waals surface area (Å²) < 4.78 is 0. The molecule has 100 valence electrons. The average molecular weight is 270 g/mol. The zero-order valence-corrected chi connectivity index (χ0v) is 11.7. The lowest BCUT2D eigenvalue weighted by Crippen LogP contribution is -2.35. The highest BCUT2D eigenvalue weighted by atomic mass is 35.5. The van der Waals surface area contributed by atoms with E-state index in [0.29, 0.717) is 10.8 Å². The van der Waals surface area contributed by atoms with Crippen molar-refractivity contribution in [2.24, 2.45) is 0 Å². The molecule has 5 heteroatoms. The molecule has 0 aliphatic heterocycles. The Balaban J connectivity index is 2.56. The average Bonchev–Trinajstić information content (AvgIpc) is 2.37. The van der Waals surface area contributed by atoms with Crippen molar-refractivity contribution >= 4 is 17.5 Å². The topological polar surface area (TPSA) is 54.9 Å². The van der Waals surface area contributed by atoms with Crippen LogP contribution in [-0.2, 0) is 0 Å². The summed E-state index contributed by atoms with van der Waals surface area (Å²) in [7, 11) is 0. The first kappa shape index (κ1) is 14.9. The van der Waals surface area contributed by atoms with E-state index in [0.717, 1.165) is 32.1 Å². The first-order valence-corrected chi connectivity index (χ1v) is 6.83. The number of hydrogen-bond donors (Lipinski definition) is 1. The Morgan fingerprint density at radius 3 is 2.61 bits per heavy atom. The van der Waals surface area contributed by atoms with E-state index in [1.54, 1.807) is 0 Å². The minimum atomic E-state index is -0.172. The lowest BCUT2D eigenvalue weighted by molar-refractivity contribution is 0.0926. The number of halogens is 1. The Morgan fingerprint density at radius 1 is 1.28 bits per heavy atom. The number of unbranched alkanes of at least 4 members (excludes halogenated alkanes) is 1. The van der Waals surface area contributed by atoms with Gasteiger partial charge in [-0.2, -0.15) is 0 Å². The number of nitrogens with one attached hydrogen (secondary N) is 1. The predicted molar refractivity (Wildman–Crippen MR) is 72.7 cm³/mol. The summed E-state index contributed by atoms with van der Waals surface area (Å²) in [5.41, 5.74) is 0.317. The van der Waals surface area contributed by atoms with Crippen molar-refractivity contribution in [3.8, 4) is 0 Å². The van der Waals surface area contributed by atoms with E-state index in [9.17, 15) is 4.79 Å². The third kappa shape index (κ3) is 5.00. The third-order valence-electron chi connectivity index (χ3n) is 2.73. The van der Waals surface area contributed by atoms with Gasteiger partial charge >= 0.3 is 0 Å². The van der Waals surface area contributed by atoms with Crippen molar-refractivity contribution in [1.29, 1.82) is 0 Å². The number of hydrogen-bond acceptors (Lipinski definition) is 3. The zero-order valence-electron chi connectivity index (χ0n) is 10.9. The Morgan fingerprint density at radius 2 is 2.06 bits per heavy atom. The molecular weight excluding hydrogens is 250 g/mol. The molecular formula is C13H20ClN3O. The van der Waals surface area contributed by atoms with Crippen LogP contribution in [0.15, 0.2) is 12.4 Å². The normalized spacial score (nSPS) is 12.2. The van der Waals surface area contributed by atoms with E-state index in [4.69, 9.17) is 11.6 Å². The van der Waals surface area contributed by atoms with E-state index in [2.05, 4.69) is 29.1 Å². The van der Waals surface area contributed by atoms with Crippen LogP contribution in [0.5, 0.6) is 0 Å². The molecule has 0 bridgehead atoms. The minimum Gasteiger partial charge on any atom is -0.348 e. The van der Waals surface area contributed by atoms with Gasteiger partial charge in [-0.15, -0.1) is 0 Å². The Bertz CT molecular complexity index is 367. The van der Waals surface area contributed by atoms with E-state index < -0.39 is 0 Å². The zero-order chi connectivity index (χ0) is 13.4. The van der Waals surface area contributed by atoms with Crippen LogP contribution in [0, 0.1) is 0 Å². The van der Waals surface area contributed by atoms with Gasteiger partial charge in [0.05, 0.1) is 12.4 Å². The smallest absolute Gasteiger partial charge is 0.271 e. The molecule has 1 aromatic rings. The van der Waals surface area contributed by atoms with Crippen LogP contribution in [0.1, 0.15) is 56.4 Å². The van der Waals surface area contributed by atoms with E-state index in [-0.39, 0.29) is 11.9 Å². The number of amides is 1. The molecule has 0 aromatic carbocycles. The first-order valence-electron chi connectivity index (χ1n) is 6.45. The molecule has 0 saturated carbocycles. The second-order valence-electron chi connectivity index (χ2n) is 4.33. The van der Waals surface area contributed by atoms with Crippen LogP contribution >= 0.6 is 11.6 Å². The maximum absolute atomic E-state index is 11.9. The summed E-state index contributed by atoms with van der Waals surface area (Å²) in [5.74, 6) is -0.172. The van der Waals surface area contributed by atoms with Crippen LogP contribution in [-0.4, -0.2) is 21.9 Å². The van der Waals surface area contributed by atoms with Crippen LogP contribution in [0.2, 0.25) is 5.15 Å². The molecule has 0 spiro atoms. The Kier molecular flexibility index (Phi) is 6.65. The minimum absolute atomic E-state index is 0.172. The van der Waals surface area contributed by atoms with E-state index >= 15 is 0 Å². The largest absolute Gasteiger partial charge is 0.348 e. The Labute approximate surface area is 113 Å². The quantitative estimate of drug-likeness (QED) is 0.827. The van der Waals surface area contributed by atoms with Crippen molar-refractivity contribution in [3.63, 3.8) is 0 Å². The molecule has 0 radical (unpaired) electrons. The molecule has 1 N–H and O–H groups in total. The van der Waals surface area contributed by atoms with Crippen LogP contribution in [0.3, 0.4) is 0 Å². The van der Waals surface area contributed by atoms with Gasteiger partial charge in [0.1, 0.15) is 10.8 Å². The molecule has 0 aliphatic rings. The molecule has 18 heavy (non-hydrogen) atoms. The number of rotatable bonds is 7. The lowest BCUT2D eigenvalue weighted by Gasteiger charge is -2.17. The summed E-state index contributed by atoms with van der Waals surface area (Å²) in [6.45, 7) is 4.27. The Hall–Kier alpha value is -1.16. The molecule has 4 nitrogen and oxygen atoms in total. The van der Waals surface area contributed by atoms with Gasteiger partial charge in [-0.3, -0.25) is 4.79 Å². The van der Waals surface area contributed by atoms with Crippen molar-refractivity contribution in [3.05, 3.63) is 23.2 Å². The van der Waals surface area contributed by atoms with Gasteiger partial charge < -0.3 is 5.32 Å². The predicted octanol–water partition coefficient (Wildman–Crippen LogP) is 3.22. The molecule has 1 rings (SSSR count). The van der Waals surface area contributed by atoms with Gasteiger partial charge in [-0.05, 0) is 12.8 Å². The monoisotopic (exact) mass is 269 g/mol. The lowest BCUT2D eigenvalue weighted by atomic mass is 10.1. The molecule has 1 aromatic heterocycles. The first-order chi connectivity index (χ1) is 8.67. The maximum Gasteiger partial charge on any atom is 0.271 e. The fraction of sp³-hybridized carbons (Fsp3) is 0.615. The van der Waals surface area contributed by atoms with Gasteiger partial charge in [-0.1, -0.05) is 44.7 Å². The van der Waals surface area contributed by atoms with E-state index in [1.807, 2.05) is 0 Å². The van der Waals surface area contributed by atoms with Crippen LogP contribution in [0.25, 0.3) is 0 Å². The molecule has 1 atom stereocenters. The fourth-order valence-electron chi connectivity index (χ4n) is 1.78. The summed E-state index contributed by atoms with van der Waals surface area (Å²) >= 11 is 5.64. The van der Waals surface area contributed by atoms with Gasteiger partial charge in [-0.25, -0.2) is 9.97 Å². The van der Waals surface area contributed by atoms with Gasteiger partial charge in [0.2, 0.25) is 0 Å². The fourth-order valence-corrected chi connectivity index (χ4v) is 1.87. The molecule has 0 aliphatic carbocycles. The van der Waals surface area contributed by atoms with Crippen LogP contribution < -0.4 is 5.32 Å². The maximum atomic E-state index is 11.9. The molecule has 1 heterocycles. The van der Waals surface area contributed by atoms with Gasteiger partial charge in [0.25, 0.3) is 5.91 Å². The van der Waals surface area contributed by atoms with Crippen molar-refractivity contribution in [1.82, 2.24) is 15.3 Å². The number of carbonyl (C=O) groups is 1. The molecule has 0 saturated heterocycles. The standard InChI is InChI=1S/C13H20ClN3O/c1-3-5-7-10(6-4-2)17-13(18)11-8-16-12(14)9-15-11/h8-10H,3-7H2,1-2H3,(H,17,18). The number of nitrogens with zero attached hydrogens (tertiary/aromatic N) is 2. The van der Waals surface area contributed by atoms with Crippen molar-refractivity contribution in [2.45, 2.75) is 52.0 Å². The molecule has 1 amide bonds. The molecule has 1 unspecified atom stereocenters. The third-order valence-corrected chi connectivity index (χ3v) is 2.93. The van der Waals surface area contributed by atoms with Crippen molar-refractivity contribution < 1.29 is 4.79 Å². The van der Waals surface area contributed by atoms with Gasteiger partial charge in [0, 0.05) is 6.04 Å². The summed E-state index contributed by atoms with van der Waals surface area (Å²) in [6.07, 6.45) is 8.11. The summed E-state index contributed by atoms with van der Waals surface area (Å²) in [5, 5.41) is 3.30. The second-order valence-corrected chi connectivity index (χ2v) is 4.71. The highest BCUT2D eigenvalue weighted by molar-refractivity contribution is 6.29. The van der Waals surface area contributed by atoms with Crippen LogP contribution in [0.4, 0.5) is 0 Å². The van der Waals surface area contributed by atoms with Gasteiger partial charge in [0.15, 0.2) is 0 Å². The highest BCUT2D eigenvalue weighted by Crippen LogP contribution is 2.08. The highest BCUT2D eigenvalue weighted by Gasteiger charge is 2.13. The summed E-state index contributed by atoms with van der Waals surface area (Å²) in [6, 6.07) is 0.222. The summed E-state index contributed by atoms with van der Waals surface area (Å²) in [4.78, 5) is 19.8. The second kappa shape index (κ2) is 8.03. The van der Waals surface area contributed by atoms with E-state index in [1.165, 1.54) is 12.4 Å². The van der Waals surface area contributed by atoms with Crippen molar-refractivity contribution in [2.75, 3.05) is 0 Å². The molecule has 0 fully saturated rings. The number of carbonyl (C=O) groups excluding carboxylic acids is 1.